The van der Waals surface area contributed by atoms with Gasteiger partial charge in [-0.3, -0.25) is 9.59 Å². The fraction of sp³-hybridized carbons (Fsp3) is 0.300. The van der Waals surface area contributed by atoms with Crippen LogP contribution in [-0.2, 0) is 9.53 Å². The highest BCUT2D eigenvalue weighted by Gasteiger charge is 2.18. The Hall–Kier alpha value is -3.06. The summed E-state index contributed by atoms with van der Waals surface area (Å²) in [6.45, 7) is 1.26. The summed E-state index contributed by atoms with van der Waals surface area (Å²) in [6.07, 6.45) is 2.18. The maximum Gasteiger partial charge on any atom is 0.262 e. The van der Waals surface area contributed by atoms with Gasteiger partial charge in [0.25, 0.3) is 11.8 Å². The van der Waals surface area contributed by atoms with E-state index < -0.39 is 0 Å². The molecule has 140 valence electrons. The summed E-state index contributed by atoms with van der Waals surface area (Å²) in [7, 11) is 0. The van der Waals surface area contributed by atoms with Crippen LogP contribution in [0.3, 0.4) is 0 Å². The first-order valence-corrected chi connectivity index (χ1v) is 8.90. The second-order valence-electron chi connectivity index (χ2n) is 6.48. The Kier molecular flexibility index (Phi) is 4.93. The topological polar surface area (TPSA) is 85.9 Å². The first kappa shape index (κ1) is 17.4. The van der Waals surface area contributed by atoms with Crippen LogP contribution in [0.5, 0.6) is 11.5 Å². The molecule has 7 nitrogen and oxygen atoms in total. The number of fused-ring (bicyclic) bond motifs is 1. The van der Waals surface area contributed by atoms with Crippen LogP contribution in [0, 0.1) is 0 Å². The van der Waals surface area contributed by atoms with Crippen molar-refractivity contribution < 1.29 is 23.8 Å². The smallest absolute Gasteiger partial charge is 0.262 e. The molecule has 2 aliphatic rings. The number of hydrogen-bond donors (Lipinski definition) is 2. The van der Waals surface area contributed by atoms with Crippen LogP contribution in [0.1, 0.15) is 23.2 Å². The first-order valence-electron chi connectivity index (χ1n) is 8.90. The van der Waals surface area contributed by atoms with E-state index in [-0.39, 0.29) is 24.5 Å². The fourth-order valence-corrected chi connectivity index (χ4v) is 3.06. The predicted octanol–water partition coefficient (Wildman–Crippen LogP) is 2.83. The highest BCUT2D eigenvalue weighted by molar-refractivity contribution is 6.05. The third-order valence-corrected chi connectivity index (χ3v) is 4.43. The molecular formula is C20H20N2O5. The minimum Gasteiger partial charge on any atom is -0.491 e. The van der Waals surface area contributed by atoms with E-state index in [0.29, 0.717) is 35.0 Å². The molecule has 2 N–H and O–H groups in total. The van der Waals surface area contributed by atoms with E-state index in [9.17, 15) is 9.59 Å². The fourth-order valence-electron chi connectivity index (χ4n) is 3.06. The molecule has 7 heteroatoms. The Morgan fingerprint density at radius 2 is 2.19 bits per heavy atom. The number of carbonyl (C=O) groups excluding carboxylic acids is 2. The number of anilines is 2. The van der Waals surface area contributed by atoms with Crippen molar-refractivity contribution in [1.82, 2.24) is 0 Å². The molecule has 0 aromatic heterocycles. The molecule has 2 aromatic rings. The lowest BCUT2D eigenvalue weighted by molar-refractivity contribution is -0.118. The van der Waals surface area contributed by atoms with Gasteiger partial charge in [0, 0.05) is 17.9 Å². The molecule has 0 saturated carbocycles. The monoisotopic (exact) mass is 368 g/mol. The summed E-state index contributed by atoms with van der Waals surface area (Å²) >= 11 is 0. The summed E-state index contributed by atoms with van der Waals surface area (Å²) in [5, 5.41) is 5.54. The predicted molar refractivity (Wildman–Crippen MR) is 99.4 cm³/mol. The molecule has 1 fully saturated rings. The molecule has 0 bridgehead atoms. The van der Waals surface area contributed by atoms with Gasteiger partial charge >= 0.3 is 0 Å². The summed E-state index contributed by atoms with van der Waals surface area (Å²) in [5.41, 5.74) is 1.59. The van der Waals surface area contributed by atoms with Crippen molar-refractivity contribution in [3.63, 3.8) is 0 Å². The number of carbonyl (C=O) groups is 2. The maximum absolute atomic E-state index is 12.5. The average molecular weight is 368 g/mol. The molecule has 1 saturated heterocycles. The molecule has 2 aliphatic heterocycles. The lowest BCUT2D eigenvalue weighted by Gasteiger charge is -2.18. The van der Waals surface area contributed by atoms with Crippen molar-refractivity contribution in [2.45, 2.75) is 18.9 Å². The third kappa shape index (κ3) is 4.20. The van der Waals surface area contributed by atoms with E-state index in [4.69, 9.17) is 14.2 Å². The summed E-state index contributed by atoms with van der Waals surface area (Å²) in [6, 6.07) is 12.1. The van der Waals surface area contributed by atoms with Gasteiger partial charge in [-0.1, -0.05) is 6.07 Å². The van der Waals surface area contributed by atoms with Gasteiger partial charge in [0.05, 0.1) is 11.8 Å². The van der Waals surface area contributed by atoms with Gasteiger partial charge in [-0.25, -0.2) is 0 Å². The molecule has 4 rings (SSSR count). The molecular weight excluding hydrogens is 348 g/mol. The number of hydrogen-bond acceptors (Lipinski definition) is 5. The van der Waals surface area contributed by atoms with Gasteiger partial charge in [-0.15, -0.1) is 0 Å². The largest absolute Gasteiger partial charge is 0.491 e. The molecule has 27 heavy (non-hydrogen) atoms. The van der Waals surface area contributed by atoms with E-state index in [2.05, 4.69) is 10.6 Å². The minimum absolute atomic E-state index is 0.00258. The quantitative estimate of drug-likeness (QED) is 0.848. The Balaban J connectivity index is 1.41. The second-order valence-corrected chi connectivity index (χ2v) is 6.48. The molecule has 2 amide bonds. The van der Waals surface area contributed by atoms with Crippen molar-refractivity contribution >= 4 is 23.2 Å². The Labute approximate surface area is 156 Å². The van der Waals surface area contributed by atoms with E-state index in [1.54, 1.807) is 36.4 Å². The number of amides is 2. The third-order valence-electron chi connectivity index (χ3n) is 4.43. The van der Waals surface area contributed by atoms with Gasteiger partial charge in [-0.05, 0) is 49.2 Å². The number of benzene rings is 2. The molecule has 0 radical (unpaired) electrons. The summed E-state index contributed by atoms with van der Waals surface area (Å²) < 4.78 is 16.6. The Bertz CT molecular complexity index is 861. The van der Waals surface area contributed by atoms with Crippen LogP contribution in [-0.4, -0.2) is 37.7 Å². The van der Waals surface area contributed by atoms with Crippen molar-refractivity contribution in [1.29, 1.82) is 0 Å². The standard InChI is InChI=1S/C20H20N2O5/c23-19-12-27-18-7-6-14(10-17(18)22-19)21-20(24)13-3-1-4-15(9-13)26-11-16-5-2-8-25-16/h1,3-4,6-7,9-10,16H,2,5,8,11-12H2,(H,21,24)(H,22,23)/t16-/m1/s1. The lowest BCUT2D eigenvalue weighted by Crippen LogP contribution is -2.25. The van der Waals surface area contributed by atoms with Crippen molar-refractivity contribution in [2.24, 2.45) is 0 Å². The SMILES string of the molecule is O=C1COc2ccc(NC(=O)c3cccc(OC[C@H]4CCCO4)c3)cc2N1. The van der Waals surface area contributed by atoms with E-state index in [0.717, 1.165) is 19.4 Å². The van der Waals surface area contributed by atoms with Crippen LogP contribution >= 0.6 is 0 Å². The van der Waals surface area contributed by atoms with Crippen molar-refractivity contribution in [3.8, 4) is 11.5 Å². The highest BCUT2D eigenvalue weighted by Crippen LogP contribution is 2.30. The first-order chi connectivity index (χ1) is 13.2. The van der Waals surface area contributed by atoms with Gasteiger partial charge in [0.1, 0.15) is 18.1 Å². The van der Waals surface area contributed by atoms with Crippen LogP contribution < -0.4 is 20.1 Å². The molecule has 0 unspecified atom stereocenters. The van der Waals surface area contributed by atoms with Gasteiger partial charge in [0.2, 0.25) is 0 Å². The average Bonchev–Trinajstić information content (AvgIpc) is 3.20. The normalized spacial score (nSPS) is 18.2. The summed E-state index contributed by atoms with van der Waals surface area (Å²) in [5.74, 6) is 0.726. The Morgan fingerprint density at radius 1 is 1.26 bits per heavy atom. The van der Waals surface area contributed by atoms with Gasteiger partial charge in [0.15, 0.2) is 6.61 Å². The lowest BCUT2D eigenvalue weighted by atomic mass is 10.2. The van der Waals surface area contributed by atoms with Crippen LogP contribution in [0.2, 0.25) is 0 Å². The zero-order valence-corrected chi connectivity index (χ0v) is 14.7. The second kappa shape index (κ2) is 7.67. The number of ether oxygens (including phenoxy) is 3. The summed E-state index contributed by atoms with van der Waals surface area (Å²) in [4.78, 5) is 24.0. The van der Waals surface area contributed by atoms with Gasteiger partial charge < -0.3 is 24.8 Å². The van der Waals surface area contributed by atoms with E-state index in [1.807, 2.05) is 6.07 Å². The van der Waals surface area contributed by atoms with Crippen molar-refractivity contribution in [2.75, 3.05) is 30.5 Å². The Morgan fingerprint density at radius 3 is 3.04 bits per heavy atom. The zero-order valence-electron chi connectivity index (χ0n) is 14.7. The molecule has 2 aromatic carbocycles. The molecule has 0 aliphatic carbocycles. The molecule has 2 heterocycles. The number of rotatable bonds is 5. The van der Waals surface area contributed by atoms with Crippen LogP contribution in [0.15, 0.2) is 42.5 Å². The van der Waals surface area contributed by atoms with Crippen molar-refractivity contribution in [3.05, 3.63) is 48.0 Å². The van der Waals surface area contributed by atoms with E-state index in [1.165, 1.54) is 0 Å². The molecule has 0 spiro atoms. The van der Waals surface area contributed by atoms with Crippen LogP contribution in [0.4, 0.5) is 11.4 Å². The maximum atomic E-state index is 12.5. The highest BCUT2D eigenvalue weighted by atomic mass is 16.5. The number of nitrogens with one attached hydrogen (secondary N) is 2. The van der Waals surface area contributed by atoms with E-state index >= 15 is 0 Å². The van der Waals surface area contributed by atoms with Gasteiger partial charge in [-0.2, -0.15) is 0 Å². The minimum atomic E-state index is -0.263. The zero-order chi connectivity index (χ0) is 18.6. The van der Waals surface area contributed by atoms with Crippen LogP contribution in [0.25, 0.3) is 0 Å². The molecule has 1 atom stereocenters.